The number of carbonyl (C=O) groups is 1. The largest absolute Gasteiger partial charge is 0.493 e. The first-order chi connectivity index (χ1) is 22.5. The summed E-state index contributed by atoms with van der Waals surface area (Å²) in [5, 5.41) is 0. The number of fused-ring (bicyclic) bond motifs is 1. The first-order valence-electron chi connectivity index (χ1n) is 17.6. The van der Waals surface area contributed by atoms with E-state index in [9.17, 15) is 4.79 Å². The van der Waals surface area contributed by atoms with E-state index in [2.05, 4.69) is 66.7 Å². The van der Waals surface area contributed by atoms with E-state index in [1.54, 1.807) is 6.20 Å². The molecular weight excluding hydrogens is 576 g/mol. The molecule has 8 heteroatoms. The van der Waals surface area contributed by atoms with Gasteiger partial charge in [0.2, 0.25) is 5.60 Å². The van der Waals surface area contributed by atoms with Crippen LogP contribution in [0.5, 0.6) is 11.5 Å². The third-order valence-corrected chi connectivity index (χ3v) is 8.62. The first-order valence-corrected chi connectivity index (χ1v) is 17.6. The third-order valence-electron chi connectivity index (χ3n) is 8.62. The molecule has 1 aliphatic rings. The predicted octanol–water partition coefficient (Wildman–Crippen LogP) is 8.55. The van der Waals surface area contributed by atoms with Crippen molar-refractivity contribution >= 4 is 17.3 Å². The lowest BCUT2D eigenvalue weighted by Crippen LogP contribution is -2.33. The number of esters is 1. The Kier molecular flexibility index (Phi) is 13.1. The maximum atomic E-state index is 13.6. The summed E-state index contributed by atoms with van der Waals surface area (Å²) < 4.78 is 19.2. The second-order valence-corrected chi connectivity index (χ2v) is 11.9. The summed E-state index contributed by atoms with van der Waals surface area (Å²) in [5.41, 5.74) is 2.86. The summed E-state index contributed by atoms with van der Waals surface area (Å²) in [7, 11) is 0. The van der Waals surface area contributed by atoms with Crippen molar-refractivity contribution in [2.75, 3.05) is 49.2 Å². The van der Waals surface area contributed by atoms with Crippen LogP contribution in [0.3, 0.4) is 0 Å². The second kappa shape index (κ2) is 17.2. The number of hydrogen-bond donors (Lipinski definition) is 0. The van der Waals surface area contributed by atoms with Crippen molar-refractivity contribution in [3.8, 4) is 11.5 Å². The highest BCUT2D eigenvalue weighted by atomic mass is 16.6. The van der Waals surface area contributed by atoms with Gasteiger partial charge in [-0.1, -0.05) is 53.4 Å². The van der Waals surface area contributed by atoms with Crippen molar-refractivity contribution in [2.24, 2.45) is 0 Å². The third kappa shape index (κ3) is 7.59. The van der Waals surface area contributed by atoms with Crippen molar-refractivity contribution in [1.82, 2.24) is 9.97 Å². The van der Waals surface area contributed by atoms with E-state index in [-0.39, 0.29) is 5.69 Å². The zero-order valence-electron chi connectivity index (χ0n) is 28.9. The fourth-order valence-electron chi connectivity index (χ4n) is 6.17. The highest BCUT2D eigenvalue weighted by Gasteiger charge is 2.54. The minimum absolute atomic E-state index is 0.209. The molecule has 1 aliphatic heterocycles. The van der Waals surface area contributed by atoms with Gasteiger partial charge in [0, 0.05) is 73.2 Å². The van der Waals surface area contributed by atoms with Crippen LogP contribution in [0.1, 0.15) is 120 Å². The molecule has 0 atom stereocenters. The van der Waals surface area contributed by atoms with Gasteiger partial charge in [-0.3, -0.25) is 4.98 Å². The molecule has 8 nitrogen and oxygen atoms in total. The van der Waals surface area contributed by atoms with Gasteiger partial charge < -0.3 is 24.0 Å². The molecule has 3 aromatic rings. The molecular formula is C38H54N4O4. The molecule has 0 bridgehead atoms. The van der Waals surface area contributed by atoms with Crippen LogP contribution in [-0.4, -0.2) is 55.3 Å². The molecule has 0 saturated heterocycles. The van der Waals surface area contributed by atoms with Gasteiger partial charge in [-0.2, -0.15) is 0 Å². The number of ether oxygens (including phenoxy) is 3. The molecule has 0 radical (unpaired) electrons. The van der Waals surface area contributed by atoms with Crippen LogP contribution in [0.25, 0.3) is 0 Å². The van der Waals surface area contributed by atoms with Crippen LogP contribution in [0.2, 0.25) is 0 Å². The smallest absolute Gasteiger partial charge is 0.360 e. The zero-order chi connectivity index (χ0) is 32.9. The molecule has 1 aromatic heterocycles. The summed E-state index contributed by atoms with van der Waals surface area (Å²) in [6, 6.07) is 12.5. The summed E-state index contributed by atoms with van der Waals surface area (Å²) in [4.78, 5) is 27.6. The Balaban J connectivity index is 1.95. The Morgan fingerprint density at radius 2 is 1.09 bits per heavy atom. The molecule has 4 rings (SSSR count). The lowest BCUT2D eigenvalue weighted by molar-refractivity contribution is 0.0225. The van der Waals surface area contributed by atoms with Gasteiger partial charge >= 0.3 is 5.97 Å². The summed E-state index contributed by atoms with van der Waals surface area (Å²) in [6.45, 7) is 17.6. The molecule has 0 saturated carbocycles. The molecule has 0 unspecified atom stereocenters. The van der Waals surface area contributed by atoms with Crippen molar-refractivity contribution in [3.63, 3.8) is 0 Å². The minimum Gasteiger partial charge on any atom is -0.493 e. The van der Waals surface area contributed by atoms with Gasteiger partial charge in [0.25, 0.3) is 0 Å². The maximum Gasteiger partial charge on any atom is 0.360 e. The molecule has 0 amide bonds. The molecule has 250 valence electrons. The highest BCUT2D eigenvalue weighted by molar-refractivity contribution is 5.94. The Hall–Kier alpha value is -3.81. The van der Waals surface area contributed by atoms with Crippen LogP contribution in [0.15, 0.2) is 48.8 Å². The second-order valence-electron chi connectivity index (χ2n) is 11.9. The lowest BCUT2D eigenvalue weighted by Gasteiger charge is -2.34. The monoisotopic (exact) mass is 630 g/mol. The average Bonchev–Trinajstić information content (AvgIpc) is 3.37. The van der Waals surface area contributed by atoms with Crippen LogP contribution in [-0.2, 0) is 10.3 Å². The normalized spacial score (nSPS) is 13.3. The zero-order valence-corrected chi connectivity index (χ0v) is 28.9. The van der Waals surface area contributed by atoms with Gasteiger partial charge in [-0.25, -0.2) is 9.78 Å². The highest BCUT2D eigenvalue weighted by Crippen LogP contribution is 2.52. The molecule has 2 heterocycles. The van der Waals surface area contributed by atoms with Gasteiger partial charge in [0.15, 0.2) is 5.69 Å². The quantitative estimate of drug-likeness (QED) is 0.115. The van der Waals surface area contributed by atoms with Crippen LogP contribution >= 0.6 is 0 Å². The minimum atomic E-state index is -1.40. The molecule has 46 heavy (non-hydrogen) atoms. The Morgan fingerprint density at radius 3 is 1.50 bits per heavy atom. The van der Waals surface area contributed by atoms with Crippen molar-refractivity contribution in [1.29, 1.82) is 0 Å². The topological polar surface area (TPSA) is 77.0 Å². The van der Waals surface area contributed by atoms with Gasteiger partial charge in [0.1, 0.15) is 17.2 Å². The Labute approximate surface area is 276 Å². The number of carbonyl (C=O) groups excluding carboxylic acids is 1. The summed E-state index contributed by atoms with van der Waals surface area (Å²) in [6.07, 6.45) is 12.1. The number of rotatable bonds is 20. The lowest BCUT2D eigenvalue weighted by atomic mass is 9.82. The Bertz CT molecular complexity index is 1320. The van der Waals surface area contributed by atoms with E-state index in [1.807, 2.05) is 26.0 Å². The van der Waals surface area contributed by atoms with E-state index in [0.29, 0.717) is 41.5 Å². The molecule has 0 spiro atoms. The number of hydrogen-bond acceptors (Lipinski definition) is 8. The van der Waals surface area contributed by atoms with E-state index in [1.165, 1.54) is 6.20 Å². The van der Waals surface area contributed by atoms with Crippen molar-refractivity contribution in [3.05, 3.63) is 71.3 Å². The number of unbranched alkanes of at least 4 members (excludes halogenated alkanes) is 4. The fourth-order valence-corrected chi connectivity index (χ4v) is 6.17. The van der Waals surface area contributed by atoms with Crippen molar-refractivity contribution in [2.45, 2.75) is 98.5 Å². The van der Waals surface area contributed by atoms with Crippen molar-refractivity contribution < 1.29 is 19.0 Å². The molecule has 0 fully saturated rings. The standard InChI is InChI=1S/C38H54N4O4/c1-7-13-23-41(24-14-8-2)29-17-19-31(33(27-29)44-11-5)38(36-35(37(43)46-38)39-21-22-40-36)32-20-18-30(28-34(32)45-12-6)42(25-15-9-3)26-16-10-4/h17-22,27-28H,7-16,23-26H2,1-6H3. The number of aromatic nitrogens is 2. The Morgan fingerprint density at radius 1 is 0.652 bits per heavy atom. The number of benzene rings is 2. The number of nitrogens with zero attached hydrogens (tertiary/aromatic N) is 4. The first kappa shape index (κ1) is 35.1. The summed E-state index contributed by atoms with van der Waals surface area (Å²) in [5.74, 6) is 0.799. The van der Waals surface area contributed by atoms with Gasteiger partial charge in [0.05, 0.1) is 13.2 Å². The molecule has 0 aliphatic carbocycles. The van der Waals surface area contributed by atoms with Crippen LogP contribution in [0.4, 0.5) is 11.4 Å². The summed E-state index contributed by atoms with van der Waals surface area (Å²) >= 11 is 0. The van der Waals surface area contributed by atoms with E-state index in [4.69, 9.17) is 19.2 Å². The van der Waals surface area contributed by atoms with Crippen LogP contribution < -0.4 is 19.3 Å². The maximum absolute atomic E-state index is 13.6. The van der Waals surface area contributed by atoms with Gasteiger partial charge in [-0.05, 0) is 63.8 Å². The van der Waals surface area contributed by atoms with Gasteiger partial charge in [-0.15, -0.1) is 0 Å². The van der Waals surface area contributed by atoms with E-state index < -0.39 is 11.6 Å². The SMILES string of the molecule is CCCCN(CCCC)c1ccc(C2(c3ccc(N(CCCC)CCCC)cc3OCC)OC(=O)c3nccnc32)c(OCC)c1. The number of anilines is 2. The van der Waals surface area contributed by atoms with E-state index >= 15 is 0 Å². The number of cyclic esters (lactones) is 1. The van der Waals surface area contributed by atoms with Crippen LogP contribution in [0, 0.1) is 0 Å². The molecule has 2 aromatic carbocycles. The predicted molar refractivity (Wildman–Crippen MR) is 187 cm³/mol. The fraction of sp³-hybridized carbons (Fsp3) is 0.553. The average molecular weight is 631 g/mol. The molecule has 0 N–H and O–H groups in total. The van der Waals surface area contributed by atoms with E-state index in [0.717, 1.165) is 88.9 Å².